The Morgan fingerprint density at radius 2 is 1.72 bits per heavy atom. The molecule has 4 aromatic rings. The fourth-order valence-electron chi connectivity index (χ4n) is 4.18. The summed E-state index contributed by atoms with van der Waals surface area (Å²) in [6.45, 7) is 4.41. The molecule has 4 nitrogen and oxygen atoms in total. The van der Waals surface area contributed by atoms with Gasteiger partial charge in [0.2, 0.25) is 0 Å². The summed E-state index contributed by atoms with van der Waals surface area (Å²) >= 11 is 1.00. The van der Waals surface area contributed by atoms with Crippen LogP contribution in [0.2, 0.25) is 0 Å². The Kier molecular flexibility index (Phi) is 5.19. The Bertz CT molecular complexity index is 1390. The van der Waals surface area contributed by atoms with Gasteiger partial charge in [0.05, 0.1) is 11.4 Å². The number of thioether (sulfide) groups is 1. The van der Waals surface area contributed by atoms with Crippen LogP contribution in [-0.4, -0.2) is 20.6 Å². The van der Waals surface area contributed by atoms with E-state index in [0.29, 0.717) is 4.91 Å². The lowest BCUT2D eigenvalue weighted by Gasteiger charge is -2.14. The average molecular weight is 439 g/mol. The van der Waals surface area contributed by atoms with Crippen LogP contribution < -0.4 is 0 Å². The molecule has 3 aromatic carbocycles. The van der Waals surface area contributed by atoms with E-state index in [-0.39, 0.29) is 17.7 Å². The van der Waals surface area contributed by atoms with Gasteiger partial charge >= 0.3 is 0 Å². The van der Waals surface area contributed by atoms with Crippen molar-refractivity contribution in [1.82, 2.24) is 9.47 Å². The number of benzene rings is 3. The fraction of sp³-hybridized carbons (Fsp3) is 0.111. The van der Waals surface area contributed by atoms with Gasteiger partial charge in [0, 0.05) is 17.6 Å². The topological polar surface area (TPSA) is 42.3 Å². The predicted octanol–water partition coefficient (Wildman–Crippen LogP) is 6.48. The van der Waals surface area contributed by atoms with Crippen molar-refractivity contribution in [1.29, 1.82) is 0 Å². The van der Waals surface area contributed by atoms with Gasteiger partial charge in [-0.15, -0.1) is 0 Å². The minimum Gasteiger partial charge on any atom is -0.317 e. The molecule has 2 heterocycles. The second-order valence-electron chi connectivity index (χ2n) is 8.00. The minimum atomic E-state index is -0.249. The summed E-state index contributed by atoms with van der Waals surface area (Å²) in [6.07, 6.45) is 3.79. The van der Waals surface area contributed by atoms with E-state index in [0.717, 1.165) is 45.0 Å². The number of nitrogens with zero attached hydrogens (tertiary/aromatic N) is 2. The number of hydrogen-bond acceptors (Lipinski definition) is 3. The normalized spacial score (nSPS) is 15.3. The molecular weight excluding hydrogens is 416 g/mol. The number of fused-ring (bicyclic) bond motifs is 1. The number of rotatable bonds is 4. The van der Waals surface area contributed by atoms with Crippen LogP contribution >= 0.6 is 11.8 Å². The molecule has 1 fully saturated rings. The average Bonchev–Trinajstić information content (AvgIpc) is 3.34. The maximum atomic E-state index is 13.1. The summed E-state index contributed by atoms with van der Waals surface area (Å²) in [6, 6.07) is 24.2. The summed E-state index contributed by atoms with van der Waals surface area (Å²) in [5, 5.41) is 1.92. The Balaban J connectivity index is 1.45. The molecule has 158 valence electrons. The number of imide groups is 1. The Hall–Kier alpha value is -3.57. The maximum absolute atomic E-state index is 13.1. The second kappa shape index (κ2) is 8.17. The predicted molar refractivity (Wildman–Crippen MR) is 131 cm³/mol. The zero-order chi connectivity index (χ0) is 22.2. The van der Waals surface area contributed by atoms with Crippen LogP contribution in [0.3, 0.4) is 0 Å². The molecule has 0 radical (unpaired) electrons. The van der Waals surface area contributed by atoms with Gasteiger partial charge in [-0.05, 0) is 71.8 Å². The van der Waals surface area contributed by atoms with Crippen molar-refractivity contribution in [2.24, 2.45) is 0 Å². The van der Waals surface area contributed by atoms with Crippen LogP contribution in [0.15, 0.2) is 83.9 Å². The molecule has 1 aliphatic heterocycles. The van der Waals surface area contributed by atoms with E-state index < -0.39 is 0 Å². The molecule has 1 aromatic heterocycles. The van der Waals surface area contributed by atoms with Crippen molar-refractivity contribution < 1.29 is 9.59 Å². The van der Waals surface area contributed by atoms with Gasteiger partial charge in [-0.2, -0.15) is 0 Å². The van der Waals surface area contributed by atoms with Crippen LogP contribution in [-0.2, 0) is 11.3 Å². The molecule has 0 bridgehead atoms. The van der Waals surface area contributed by atoms with Gasteiger partial charge in [0.25, 0.3) is 11.1 Å². The van der Waals surface area contributed by atoms with Crippen molar-refractivity contribution in [2.75, 3.05) is 0 Å². The number of carbonyl (C=O) groups is 2. The summed E-state index contributed by atoms with van der Waals surface area (Å²) in [5.41, 5.74) is 5.24. The van der Waals surface area contributed by atoms with Gasteiger partial charge in [-0.1, -0.05) is 60.2 Å². The number of carbonyl (C=O) groups excluding carboxylic acids is 2. The molecule has 5 rings (SSSR count). The highest BCUT2D eigenvalue weighted by atomic mass is 32.2. The minimum absolute atomic E-state index is 0.237. The third kappa shape index (κ3) is 3.65. The van der Waals surface area contributed by atoms with E-state index in [2.05, 4.69) is 32.0 Å². The van der Waals surface area contributed by atoms with Crippen LogP contribution in [0, 0.1) is 13.8 Å². The SMILES string of the molecule is Cc1ccc(-n2cccc2/C=C2/SC(=O)N(Cc3cccc4ccccc34)C2=O)c(C)c1. The number of hydrogen-bond donors (Lipinski definition) is 0. The smallest absolute Gasteiger partial charge is 0.293 e. The van der Waals surface area contributed by atoms with E-state index in [4.69, 9.17) is 0 Å². The van der Waals surface area contributed by atoms with E-state index in [1.54, 1.807) is 0 Å². The highest BCUT2D eigenvalue weighted by molar-refractivity contribution is 8.18. The number of aryl methyl sites for hydroxylation is 2. The van der Waals surface area contributed by atoms with Crippen LogP contribution in [0.4, 0.5) is 4.79 Å². The fourth-order valence-corrected chi connectivity index (χ4v) is 5.00. The number of aromatic nitrogens is 1. The maximum Gasteiger partial charge on any atom is 0.293 e. The van der Waals surface area contributed by atoms with Crippen LogP contribution in [0.5, 0.6) is 0 Å². The van der Waals surface area contributed by atoms with Crippen molar-refractivity contribution in [2.45, 2.75) is 20.4 Å². The van der Waals surface area contributed by atoms with E-state index in [1.807, 2.05) is 71.4 Å². The standard InChI is InChI=1S/C27H22N2O2S/c1-18-12-13-24(19(2)15-18)28-14-6-10-22(28)16-25-26(30)29(27(31)32-25)17-21-9-5-8-20-7-3-4-11-23(20)21/h3-16H,17H2,1-2H3/b25-16+. The van der Waals surface area contributed by atoms with E-state index >= 15 is 0 Å². The Labute approximate surface area is 191 Å². The third-order valence-corrected chi connectivity index (χ3v) is 6.66. The van der Waals surface area contributed by atoms with Crippen molar-refractivity contribution in [3.8, 4) is 5.69 Å². The zero-order valence-corrected chi connectivity index (χ0v) is 18.7. The van der Waals surface area contributed by atoms with Crippen LogP contribution in [0.1, 0.15) is 22.4 Å². The molecule has 1 aliphatic rings. The molecule has 0 saturated carbocycles. The molecule has 0 aliphatic carbocycles. The first-order valence-electron chi connectivity index (χ1n) is 10.5. The second-order valence-corrected chi connectivity index (χ2v) is 8.99. The van der Waals surface area contributed by atoms with E-state index in [1.165, 1.54) is 10.5 Å². The van der Waals surface area contributed by atoms with Crippen LogP contribution in [0.25, 0.3) is 22.5 Å². The first-order valence-corrected chi connectivity index (χ1v) is 11.3. The molecule has 0 atom stereocenters. The molecule has 0 N–H and O–H groups in total. The van der Waals surface area contributed by atoms with Gasteiger partial charge < -0.3 is 4.57 Å². The zero-order valence-electron chi connectivity index (χ0n) is 17.9. The Morgan fingerprint density at radius 1 is 0.906 bits per heavy atom. The lowest BCUT2D eigenvalue weighted by Crippen LogP contribution is -2.27. The summed E-state index contributed by atoms with van der Waals surface area (Å²) in [7, 11) is 0. The van der Waals surface area contributed by atoms with Gasteiger partial charge in [0.15, 0.2) is 0 Å². The van der Waals surface area contributed by atoms with Gasteiger partial charge in [0.1, 0.15) is 0 Å². The third-order valence-electron chi connectivity index (χ3n) is 5.75. The molecule has 2 amide bonds. The van der Waals surface area contributed by atoms with Crippen molar-refractivity contribution in [3.05, 3.63) is 106 Å². The first-order chi connectivity index (χ1) is 15.5. The number of amides is 2. The van der Waals surface area contributed by atoms with Gasteiger partial charge in [-0.3, -0.25) is 14.5 Å². The lowest BCUT2D eigenvalue weighted by atomic mass is 10.0. The summed E-state index contributed by atoms with van der Waals surface area (Å²) in [5.74, 6) is -0.249. The summed E-state index contributed by atoms with van der Waals surface area (Å²) in [4.78, 5) is 27.7. The molecule has 5 heteroatoms. The van der Waals surface area contributed by atoms with Gasteiger partial charge in [-0.25, -0.2) is 0 Å². The highest BCUT2D eigenvalue weighted by Gasteiger charge is 2.35. The monoisotopic (exact) mass is 438 g/mol. The Morgan fingerprint density at radius 3 is 2.56 bits per heavy atom. The van der Waals surface area contributed by atoms with Crippen molar-refractivity contribution in [3.63, 3.8) is 0 Å². The molecular formula is C27H22N2O2S. The lowest BCUT2D eigenvalue weighted by molar-refractivity contribution is -0.123. The van der Waals surface area contributed by atoms with E-state index in [9.17, 15) is 9.59 Å². The molecule has 0 spiro atoms. The first kappa shape index (κ1) is 20.3. The quantitative estimate of drug-likeness (QED) is 0.342. The van der Waals surface area contributed by atoms with Crippen molar-refractivity contribution >= 4 is 39.8 Å². The summed E-state index contributed by atoms with van der Waals surface area (Å²) < 4.78 is 2.05. The highest BCUT2D eigenvalue weighted by Crippen LogP contribution is 2.34. The largest absolute Gasteiger partial charge is 0.317 e. The molecule has 1 saturated heterocycles. The molecule has 32 heavy (non-hydrogen) atoms. The molecule has 0 unspecified atom stereocenters.